The van der Waals surface area contributed by atoms with Crippen molar-refractivity contribution >= 4 is 11.5 Å². The first-order valence-electron chi connectivity index (χ1n) is 7.52. The number of nitrogen functional groups attached to an aromatic ring is 1. The van der Waals surface area contributed by atoms with E-state index in [1.165, 1.54) is 18.5 Å². The molecule has 1 saturated heterocycles. The molecule has 1 unspecified atom stereocenters. The molecule has 4 heteroatoms. The van der Waals surface area contributed by atoms with Crippen LogP contribution >= 0.6 is 0 Å². The Labute approximate surface area is 126 Å². The summed E-state index contributed by atoms with van der Waals surface area (Å²) in [4.78, 5) is 6.79. The first-order chi connectivity index (χ1) is 10.3. The maximum Gasteiger partial charge on any atom is 0.149 e. The Balaban J connectivity index is 1.48. The molecule has 1 aromatic carbocycles. The second kappa shape index (κ2) is 6.59. The molecule has 4 nitrogen and oxygen atoms in total. The van der Waals surface area contributed by atoms with E-state index in [2.05, 4.69) is 45.5 Å². The minimum Gasteiger partial charge on any atom is -0.396 e. The number of nitrogens with one attached hydrogen (secondary N) is 1. The summed E-state index contributed by atoms with van der Waals surface area (Å²) >= 11 is 0. The Morgan fingerprint density at radius 1 is 1.19 bits per heavy atom. The molecule has 1 aromatic heterocycles. The van der Waals surface area contributed by atoms with E-state index in [9.17, 15) is 0 Å². The predicted molar refractivity (Wildman–Crippen MR) is 87.0 cm³/mol. The number of hydrogen-bond acceptors (Lipinski definition) is 4. The van der Waals surface area contributed by atoms with Gasteiger partial charge in [-0.1, -0.05) is 30.3 Å². The number of benzene rings is 1. The topological polar surface area (TPSA) is 54.2 Å². The Kier molecular flexibility index (Phi) is 4.36. The molecule has 0 saturated carbocycles. The van der Waals surface area contributed by atoms with Crippen molar-refractivity contribution in [2.45, 2.75) is 13.0 Å². The zero-order chi connectivity index (χ0) is 14.5. The van der Waals surface area contributed by atoms with Gasteiger partial charge in [0.15, 0.2) is 0 Å². The minimum atomic E-state index is 0.662. The molecular weight excluding hydrogens is 260 g/mol. The highest BCUT2D eigenvalue weighted by molar-refractivity contribution is 5.60. The van der Waals surface area contributed by atoms with Crippen LogP contribution in [0.3, 0.4) is 0 Å². The maximum absolute atomic E-state index is 5.90. The zero-order valence-corrected chi connectivity index (χ0v) is 12.2. The fraction of sp³-hybridized carbons (Fsp3) is 0.353. The Bertz CT molecular complexity index is 570. The SMILES string of the molecule is Nc1cccnc1NCC1CCN(Cc2ccccc2)C1. The molecule has 2 heterocycles. The highest BCUT2D eigenvalue weighted by Gasteiger charge is 2.22. The van der Waals surface area contributed by atoms with Crippen molar-refractivity contribution in [2.24, 2.45) is 5.92 Å². The lowest BCUT2D eigenvalue weighted by Gasteiger charge is -2.16. The smallest absolute Gasteiger partial charge is 0.149 e. The molecule has 1 atom stereocenters. The molecule has 0 amide bonds. The monoisotopic (exact) mass is 282 g/mol. The van der Waals surface area contributed by atoms with E-state index in [0.29, 0.717) is 5.92 Å². The first-order valence-corrected chi connectivity index (χ1v) is 7.52. The van der Waals surface area contributed by atoms with Crippen LogP contribution in [0.5, 0.6) is 0 Å². The number of hydrogen-bond donors (Lipinski definition) is 2. The van der Waals surface area contributed by atoms with Gasteiger partial charge in [0.05, 0.1) is 5.69 Å². The van der Waals surface area contributed by atoms with Gasteiger partial charge < -0.3 is 11.1 Å². The summed E-state index contributed by atoms with van der Waals surface area (Å²) in [6.07, 6.45) is 3.00. The van der Waals surface area contributed by atoms with Crippen molar-refractivity contribution in [3.05, 3.63) is 54.2 Å². The number of nitrogens with zero attached hydrogens (tertiary/aromatic N) is 2. The van der Waals surface area contributed by atoms with E-state index >= 15 is 0 Å². The molecule has 2 aromatic rings. The molecule has 21 heavy (non-hydrogen) atoms. The highest BCUT2D eigenvalue weighted by atomic mass is 15.2. The van der Waals surface area contributed by atoms with E-state index in [1.54, 1.807) is 6.20 Å². The van der Waals surface area contributed by atoms with Crippen molar-refractivity contribution in [1.29, 1.82) is 0 Å². The summed E-state index contributed by atoms with van der Waals surface area (Å²) in [7, 11) is 0. The normalized spacial score (nSPS) is 18.8. The lowest BCUT2D eigenvalue weighted by molar-refractivity contribution is 0.319. The summed E-state index contributed by atoms with van der Waals surface area (Å²) in [5.41, 5.74) is 8.01. The predicted octanol–water partition coefficient (Wildman–Crippen LogP) is 2.60. The van der Waals surface area contributed by atoms with Crippen LogP contribution in [0, 0.1) is 5.92 Å². The molecule has 110 valence electrons. The molecule has 3 N–H and O–H groups in total. The van der Waals surface area contributed by atoms with Gasteiger partial charge in [0.2, 0.25) is 0 Å². The maximum atomic E-state index is 5.90. The van der Waals surface area contributed by atoms with Gasteiger partial charge in [-0.25, -0.2) is 4.98 Å². The lowest BCUT2D eigenvalue weighted by atomic mass is 10.1. The van der Waals surface area contributed by atoms with Gasteiger partial charge in [0.1, 0.15) is 5.82 Å². The zero-order valence-electron chi connectivity index (χ0n) is 12.2. The van der Waals surface area contributed by atoms with Gasteiger partial charge in [-0.2, -0.15) is 0 Å². The van der Waals surface area contributed by atoms with Crippen molar-refractivity contribution in [2.75, 3.05) is 30.7 Å². The highest BCUT2D eigenvalue weighted by Crippen LogP contribution is 2.20. The van der Waals surface area contributed by atoms with E-state index < -0.39 is 0 Å². The van der Waals surface area contributed by atoms with Crippen LogP contribution < -0.4 is 11.1 Å². The number of anilines is 2. The Morgan fingerprint density at radius 2 is 2.05 bits per heavy atom. The second-order valence-corrected chi connectivity index (χ2v) is 5.70. The lowest BCUT2D eigenvalue weighted by Crippen LogP contribution is -2.23. The molecule has 3 rings (SSSR count). The average Bonchev–Trinajstić information content (AvgIpc) is 2.95. The van der Waals surface area contributed by atoms with Crippen molar-refractivity contribution in [3.63, 3.8) is 0 Å². The van der Waals surface area contributed by atoms with Crippen molar-refractivity contribution in [1.82, 2.24) is 9.88 Å². The van der Waals surface area contributed by atoms with Crippen LogP contribution in [0.25, 0.3) is 0 Å². The molecule has 1 aliphatic rings. The fourth-order valence-corrected chi connectivity index (χ4v) is 2.87. The third-order valence-electron chi connectivity index (χ3n) is 4.02. The van der Waals surface area contributed by atoms with Crippen molar-refractivity contribution in [3.8, 4) is 0 Å². The summed E-state index contributed by atoms with van der Waals surface area (Å²) in [6, 6.07) is 14.4. The summed E-state index contributed by atoms with van der Waals surface area (Å²) in [5.74, 6) is 1.47. The van der Waals surface area contributed by atoms with Crippen LogP contribution in [0.2, 0.25) is 0 Å². The second-order valence-electron chi connectivity index (χ2n) is 5.70. The van der Waals surface area contributed by atoms with Crippen LogP contribution in [-0.2, 0) is 6.54 Å². The number of aromatic nitrogens is 1. The van der Waals surface area contributed by atoms with Gasteiger partial charge in [-0.3, -0.25) is 4.90 Å². The van der Waals surface area contributed by atoms with E-state index in [4.69, 9.17) is 5.73 Å². The Hall–Kier alpha value is -2.07. The molecule has 0 bridgehead atoms. The summed E-state index contributed by atoms with van der Waals surface area (Å²) < 4.78 is 0. The average molecular weight is 282 g/mol. The van der Waals surface area contributed by atoms with E-state index in [0.717, 1.165) is 31.1 Å². The number of rotatable bonds is 5. The van der Waals surface area contributed by atoms with E-state index in [-0.39, 0.29) is 0 Å². The standard InChI is InChI=1S/C17H22N4/c18-16-7-4-9-19-17(16)20-11-15-8-10-21(13-15)12-14-5-2-1-3-6-14/h1-7,9,15H,8,10-13,18H2,(H,19,20). The molecule has 0 aliphatic carbocycles. The number of nitrogens with two attached hydrogens (primary N) is 1. The summed E-state index contributed by atoms with van der Waals surface area (Å²) in [6.45, 7) is 4.28. The Morgan fingerprint density at radius 3 is 2.86 bits per heavy atom. The molecule has 0 spiro atoms. The first kappa shape index (κ1) is 13.9. The van der Waals surface area contributed by atoms with Crippen LogP contribution in [0.1, 0.15) is 12.0 Å². The van der Waals surface area contributed by atoms with Gasteiger partial charge in [-0.15, -0.1) is 0 Å². The van der Waals surface area contributed by atoms with Crippen molar-refractivity contribution < 1.29 is 0 Å². The number of likely N-dealkylation sites (tertiary alicyclic amines) is 1. The van der Waals surface area contributed by atoms with E-state index in [1.807, 2.05) is 12.1 Å². The molecule has 1 aliphatic heterocycles. The van der Waals surface area contributed by atoms with Crippen LogP contribution in [0.15, 0.2) is 48.7 Å². The van der Waals surface area contributed by atoms with Gasteiger partial charge >= 0.3 is 0 Å². The van der Waals surface area contributed by atoms with Crippen LogP contribution in [0.4, 0.5) is 11.5 Å². The van der Waals surface area contributed by atoms with Crippen LogP contribution in [-0.4, -0.2) is 29.5 Å². The van der Waals surface area contributed by atoms with Gasteiger partial charge in [-0.05, 0) is 36.6 Å². The summed E-state index contributed by atoms with van der Waals surface area (Å²) in [5, 5.41) is 3.38. The third kappa shape index (κ3) is 3.73. The third-order valence-corrected chi connectivity index (χ3v) is 4.02. The molecular formula is C17H22N4. The molecule has 0 radical (unpaired) electrons. The quantitative estimate of drug-likeness (QED) is 0.885. The van der Waals surface area contributed by atoms with Gasteiger partial charge in [0, 0.05) is 25.8 Å². The number of pyridine rings is 1. The minimum absolute atomic E-state index is 0.662. The molecule has 1 fully saturated rings. The van der Waals surface area contributed by atoms with Gasteiger partial charge in [0.25, 0.3) is 0 Å². The fourth-order valence-electron chi connectivity index (χ4n) is 2.87. The largest absolute Gasteiger partial charge is 0.396 e.